The summed E-state index contributed by atoms with van der Waals surface area (Å²) in [6.45, 7) is 2.69. The van der Waals surface area contributed by atoms with E-state index in [9.17, 15) is 40.8 Å². The number of halogens is 8. The summed E-state index contributed by atoms with van der Waals surface area (Å²) in [6.07, 6.45) is -7.51. The molecule has 19 heteroatoms. The molecule has 1 amide bonds. The molecule has 2 aromatic heterocycles. The van der Waals surface area contributed by atoms with Crippen LogP contribution in [0.15, 0.2) is 30.5 Å². The highest BCUT2D eigenvalue weighted by atomic mass is 32.1. The number of nitrogens with zero attached hydrogens (tertiary/aromatic N) is 3. The summed E-state index contributed by atoms with van der Waals surface area (Å²) in [6, 6.07) is 7.94. The zero-order valence-electron chi connectivity index (χ0n) is 23.5. The number of nitriles is 1. The maximum absolute atomic E-state index is 15.8. The molecule has 4 heterocycles. The van der Waals surface area contributed by atoms with Gasteiger partial charge >= 0.3 is 24.3 Å². The Bertz CT molecular complexity index is 1900. The summed E-state index contributed by atoms with van der Waals surface area (Å²) < 4.78 is 96.0. The number of carbonyl (C=O) groups excluding carboxylic acids is 1. The van der Waals surface area contributed by atoms with Gasteiger partial charge in [-0.25, -0.2) is 18.4 Å². The number of piperazine rings is 1. The summed E-state index contributed by atoms with van der Waals surface area (Å²) in [5.41, 5.74) is 7.75. The molecule has 0 spiro atoms. The number of hydrogen-bond donors (Lipinski definition) is 4. The highest BCUT2D eigenvalue weighted by Gasteiger charge is 2.39. The SMILES string of the molecule is N#Cc1c(N)sc2c(F)ccc(-c3c(F)cc4c5c3ccn5CCC3CNCCN3C4=O)c12.O=C(O)C(F)(F)F.O=C(O)C(F)(F)F. The lowest BCUT2D eigenvalue weighted by molar-refractivity contribution is -0.193. The zero-order valence-corrected chi connectivity index (χ0v) is 24.3. The van der Waals surface area contributed by atoms with Gasteiger partial charge in [-0.05, 0) is 30.2 Å². The number of anilines is 1. The Morgan fingerprint density at radius 2 is 1.62 bits per heavy atom. The van der Waals surface area contributed by atoms with Crippen molar-refractivity contribution in [2.45, 2.75) is 31.4 Å². The third-order valence-electron chi connectivity index (χ3n) is 7.23. The summed E-state index contributed by atoms with van der Waals surface area (Å²) in [5.74, 6) is -6.79. The molecule has 2 aliphatic rings. The molecular formula is C28H21F8N5O5S. The maximum atomic E-state index is 15.8. The number of nitrogens with one attached hydrogen (secondary N) is 1. The van der Waals surface area contributed by atoms with Crippen molar-refractivity contribution in [1.82, 2.24) is 14.8 Å². The molecule has 1 unspecified atom stereocenters. The molecule has 2 aliphatic heterocycles. The molecule has 4 aromatic rings. The Kier molecular flexibility index (Phi) is 9.68. The van der Waals surface area contributed by atoms with Crippen molar-refractivity contribution >= 4 is 55.2 Å². The Morgan fingerprint density at radius 3 is 2.19 bits per heavy atom. The number of alkyl halides is 6. The topological polar surface area (TPSA) is 162 Å². The van der Waals surface area contributed by atoms with Crippen molar-refractivity contribution in [2.24, 2.45) is 0 Å². The third kappa shape index (κ3) is 6.92. The minimum atomic E-state index is -5.08. The van der Waals surface area contributed by atoms with E-state index in [0.29, 0.717) is 47.1 Å². The van der Waals surface area contributed by atoms with Crippen LogP contribution in [0.25, 0.3) is 32.1 Å². The van der Waals surface area contributed by atoms with Crippen LogP contribution >= 0.6 is 11.3 Å². The average Bonchev–Trinajstić information content (AvgIpc) is 3.56. The van der Waals surface area contributed by atoms with Crippen LogP contribution < -0.4 is 11.1 Å². The number of carboxylic acids is 2. The number of rotatable bonds is 1. The van der Waals surface area contributed by atoms with E-state index in [0.717, 1.165) is 24.3 Å². The van der Waals surface area contributed by atoms with Crippen molar-refractivity contribution in [3.63, 3.8) is 0 Å². The Morgan fingerprint density at radius 1 is 1.00 bits per heavy atom. The number of carbonyl (C=O) groups is 3. The van der Waals surface area contributed by atoms with Crippen LogP contribution in [-0.4, -0.2) is 75.6 Å². The van der Waals surface area contributed by atoms with E-state index in [-0.39, 0.29) is 32.8 Å². The molecule has 0 radical (unpaired) electrons. The first-order valence-corrected chi connectivity index (χ1v) is 14.0. The lowest BCUT2D eigenvalue weighted by Gasteiger charge is -2.38. The van der Waals surface area contributed by atoms with Crippen LogP contribution in [-0.2, 0) is 16.1 Å². The molecule has 0 bridgehead atoms. The van der Waals surface area contributed by atoms with Crippen LogP contribution in [0.2, 0.25) is 0 Å². The normalized spacial score (nSPS) is 16.2. The predicted octanol–water partition coefficient (Wildman–Crippen LogP) is 5.34. The summed E-state index contributed by atoms with van der Waals surface area (Å²) >= 11 is 0.979. The second-order valence-corrected chi connectivity index (χ2v) is 11.1. The van der Waals surface area contributed by atoms with E-state index in [1.165, 1.54) is 18.2 Å². The Balaban J connectivity index is 0.000000301. The molecule has 1 atom stereocenters. The molecular weight excluding hydrogens is 670 g/mol. The van der Waals surface area contributed by atoms with Crippen LogP contribution in [0, 0.1) is 23.0 Å². The zero-order chi connectivity index (χ0) is 35.0. The monoisotopic (exact) mass is 691 g/mol. The molecule has 2 aromatic carbocycles. The number of nitrogens with two attached hydrogens (primary N) is 1. The summed E-state index contributed by atoms with van der Waals surface area (Å²) in [5, 5.41) is 28.3. The molecule has 10 nitrogen and oxygen atoms in total. The van der Waals surface area contributed by atoms with Crippen molar-refractivity contribution in [1.29, 1.82) is 5.26 Å². The van der Waals surface area contributed by atoms with Crippen molar-refractivity contribution in [2.75, 3.05) is 25.4 Å². The van der Waals surface area contributed by atoms with Gasteiger partial charge in [0.2, 0.25) is 0 Å². The highest BCUT2D eigenvalue weighted by molar-refractivity contribution is 7.23. The minimum absolute atomic E-state index is 0.0586. The first-order chi connectivity index (χ1) is 21.9. The van der Waals surface area contributed by atoms with E-state index in [1.807, 2.05) is 21.7 Å². The van der Waals surface area contributed by atoms with Crippen LogP contribution in [0.4, 0.5) is 40.1 Å². The molecule has 47 heavy (non-hydrogen) atoms. The number of carboxylic acid groups (broad SMARTS) is 2. The number of thiophene rings is 1. The largest absolute Gasteiger partial charge is 0.490 e. The molecule has 250 valence electrons. The lowest BCUT2D eigenvalue weighted by Crippen LogP contribution is -2.54. The minimum Gasteiger partial charge on any atom is -0.475 e. The van der Waals surface area contributed by atoms with E-state index in [2.05, 4.69) is 5.32 Å². The smallest absolute Gasteiger partial charge is 0.475 e. The molecule has 1 saturated heterocycles. The summed E-state index contributed by atoms with van der Waals surface area (Å²) in [4.78, 5) is 33.1. The Hall–Kier alpha value is -4.96. The van der Waals surface area contributed by atoms with Gasteiger partial charge < -0.3 is 30.7 Å². The molecule has 6 rings (SSSR count). The molecule has 0 saturated carbocycles. The lowest BCUT2D eigenvalue weighted by atomic mass is 9.93. The van der Waals surface area contributed by atoms with Gasteiger partial charge in [-0.15, -0.1) is 11.3 Å². The van der Waals surface area contributed by atoms with E-state index < -0.39 is 35.9 Å². The second kappa shape index (κ2) is 13.0. The third-order valence-corrected chi connectivity index (χ3v) is 8.25. The van der Waals surface area contributed by atoms with E-state index in [4.69, 9.17) is 25.5 Å². The van der Waals surface area contributed by atoms with Gasteiger partial charge in [0.05, 0.1) is 21.3 Å². The van der Waals surface area contributed by atoms with Gasteiger partial charge in [-0.1, -0.05) is 6.07 Å². The fourth-order valence-corrected chi connectivity index (χ4v) is 6.18. The molecule has 1 fully saturated rings. The maximum Gasteiger partial charge on any atom is 0.490 e. The Labute approximate surface area is 262 Å². The molecule has 0 aliphatic carbocycles. The number of aromatic nitrogens is 1. The first-order valence-electron chi connectivity index (χ1n) is 13.2. The van der Waals surface area contributed by atoms with Gasteiger partial charge in [0.15, 0.2) is 0 Å². The predicted molar refractivity (Wildman–Crippen MR) is 151 cm³/mol. The molecule has 5 N–H and O–H groups in total. The summed E-state index contributed by atoms with van der Waals surface area (Å²) in [7, 11) is 0. The standard InChI is InChI=1S/C24H19F2N5OS.2C2HF3O2/c25-17-2-1-13(20-16(10-27)23(28)33-22(17)20)19-14-4-7-30-6-3-12-11-29-5-8-31(12)24(32)15(21(14)30)9-18(19)26;2*3-2(4,5)1(6)7/h1-2,4,7,9,12,29H,3,5-6,8,11,28H2;2*(H,6,7). The van der Waals surface area contributed by atoms with Gasteiger partial charge in [0.1, 0.15) is 22.7 Å². The van der Waals surface area contributed by atoms with Crippen LogP contribution in [0.3, 0.4) is 0 Å². The van der Waals surface area contributed by atoms with Gasteiger partial charge in [0, 0.05) is 54.8 Å². The second-order valence-electron chi connectivity index (χ2n) is 10.1. The number of hydrogen-bond acceptors (Lipinski definition) is 7. The van der Waals surface area contributed by atoms with E-state index in [1.54, 1.807) is 6.07 Å². The number of nitrogen functional groups attached to an aromatic ring is 1. The van der Waals surface area contributed by atoms with Gasteiger partial charge in [0.25, 0.3) is 5.91 Å². The van der Waals surface area contributed by atoms with Crippen molar-refractivity contribution in [3.8, 4) is 17.2 Å². The van der Waals surface area contributed by atoms with Crippen molar-refractivity contribution in [3.05, 3.63) is 53.2 Å². The van der Waals surface area contributed by atoms with Crippen LogP contribution in [0.5, 0.6) is 0 Å². The fraction of sp³-hybridized carbons (Fsp3) is 0.286. The quantitative estimate of drug-likeness (QED) is 0.195. The van der Waals surface area contributed by atoms with Crippen molar-refractivity contribution < 1.29 is 59.7 Å². The number of aryl methyl sites for hydroxylation is 1. The van der Waals surface area contributed by atoms with Crippen LogP contribution in [0.1, 0.15) is 22.3 Å². The van der Waals surface area contributed by atoms with E-state index >= 15 is 4.39 Å². The highest BCUT2D eigenvalue weighted by Crippen LogP contribution is 2.44. The number of aliphatic carboxylic acids is 2. The fourth-order valence-electron chi connectivity index (χ4n) is 5.23. The van der Waals surface area contributed by atoms with Gasteiger partial charge in [-0.3, -0.25) is 4.79 Å². The number of fused-ring (bicyclic) bond motifs is 2. The number of amides is 1. The first kappa shape index (κ1) is 34.9. The average molecular weight is 692 g/mol. The van der Waals surface area contributed by atoms with Gasteiger partial charge in [-0.2, -0.15) is 31.6 Å². The number of benzene rings is 2.